The van der Waals surface area contributed by atoms with E-state index in [-0.39, 0.29) is 29.4 Å². The number of fused-ring (bicyclic) bond motifs is 1. The van der Waals surface area contributed by atoms with Crippen molar-refractivity contribution in [3.63, 3.8) is 0 Å². The molecule has 0 unspecified atom stereocenters. The van der Waals surface area contributed by atoms with Crippen LogP contribution >= 0.6 is 0 Å². The van der Waals surface area contributed by atoms with Crippen molar-refractivity contribution in [1.82, 2.24) is 15.0 Å². The van der Waals surface area contributed by atoms with Gasteiger partial charge >= 0.3 is 0 Å². The first-order valence-corrected chi connectivity index (χ1v) is 9.51. The van der Waals surface area contributed by atoms with E-state index in [1.54, 1.807) is 12.1 Å². The zero-order valence-electron chi connectivity index (χ0n) is 15.7. The summed E-state index contributed by atoms with van der Waals surface area (Å²) in [5, 5.41) is 7.10. The third-order valence-electron chi connectivity index (χ3n) is 5.07. The van der Waals surface area contributed by atoms with Gasteiger partial charge in [-0.1, -0.05) is 12.8 Å². The summed E-state index contributed by atoms with van der Waals surface area (Å²) in [4.78, 5) is 24.7. The predicted octanol–water partition coefficient (Wildman–Crippen LogP) is 2.69. The van der Waals surface area contributed by atoms with E-state index in [1.165, 1.54) is 24.5 Å². The SMILES string of the molecule is NC(=O)c1ncc(N[C@@H]2CCCC[C@@H]2N)nc1Nc1cnc2cc(F)ccc2c1. The molecule has 2 atom stereocenters. The highest BCUT2D eigenvalue weighted by Crippen LogP contribution is 2.24. The molecule has 0 aliphatic heterocycles. The number of carbonyl (C=O) groups is 1. The van der Waals surface area contributed by atoms with Gasteiger partial charge in [0.2, 0.25) is 0 Å². The van der Waals surface area contributed by atoms with Crippen molar-refractivity contribution in [1.29, 1.82) is 0 Å². The third kappa shape index (κ3) is 4.24. The Hall–Kier alpha value is -3.33. The number of carbonyl (C=O) groups excluding carboxylic acids is 1. The van der Waals surface area contributed by atoms with Gasteiger partial charge in [-0.15, -0.1) is 0 Å². The fourth-order valence-corrected chi connectivity index (χ4v) is 3.55. The minimum absolute atomic E-state index is 0.0164. The van der Waals surface area contributed by atoms with Crippen LogP contribution in [0.5, 0.6) is 0 Å². The van der Waals surface area contributed by atoms with Gasteiger partial charge in [0, 0.05) is 23.5 Å². The molecule has 2 aromatic heterocycles. The van der Waals surface area contributed by atoms with Gasteiger partial charge in [-0.05, 0) is 31.0 Å². The molecule has 0 spiro atoms. The van der Waals surface area contributed by atoms with E-state index >= 15 is 0 Å². The fourth-order valence-electron chi connectivity index (χ4n) is 3.55. The number of nitrogens with one attached hydrogen (secondary N) is 2. The number of primary amides is 1. The van der Waals surface area contributed by atoms with Crippen molar-refractivity contribution < 1.29 is 9.18 Å². The summed E-state index contributed by atoms with van der Waals surface area (Å²) in [5.41, 5.74) is 12.8. The van der Waals surface area contributed by atoms with E-state index in [1.807, 2.05) is 0 Å². The number of benzene rings is 1. The molecule has 1 aliphatic rings. The summed E-state index contributed by atoms with van der Waals surface area (Å²) in [6.45, 7) is 0. The van der Waals surface area contributed by atoms with Gasteiger partial charge < -0.3 is 22.1 Å². The summed E-state index contributed by atoms with van der Waals surface area (Å²) in [6, 6.07) is 6.27. The minimum Gasteiger partial charge on any atom is -0.364 e. The molecule has 0 radical (unpaired) electrons. The molecule has 4 rings (SSSR count). The van der Waals surface area contributed by atoms with Gasteiger partial charge in [-0.3, -0.25) is 9.78 Å². The summed E-state index contributed by atoms with van der Waals surface area (Å²) in [7, 11) is 0. The molecule has 6 N–H and O–H groups in total. The molecule has 2 heterocycles. The van der Waals surface area contributed by atoms with Gasteiger partial charge in [-0.2, -0.15) is 0 Å². The number of nitrogens with zero attached hydrogens (tertiary/aromatic N) is 3. The highest BCUT2D eigenvalue weighted by molar-refractivity contribution is 5.96. The molecule has 1 fully saturated rings. The Morgan fingerprint density at radius 1 is 1.14 bits per heavy atom. The number of halogens is 1. The molecule has 1 aliphatic carbocycles. The van der Waals surface area contributed by atoms with E-state index in [4.69, 9.17) is 11.5 Å². The van der Waals surface area contributed by atoms with Crippen LogP contribution in [-0.4, -0.2) is 32.9 Å². The third-order valence-corrected chi connectivity index (χ3v) is 5.07. The normalized spacial score (nSPS) is 19.1. The molecule has 3 aromatic rings. The van der Waals surface area contributed by atoms with Crippen molar-refractivity contribution >= 4 is 34.1 Å². The average Bonchev–Trinajstić information content (AvgIpc) is 2.70. The van der Waals surface area contributed by atoms with Crippen molar-refractivity contribution in [3.05, 3.63) is 48.2 Å². The summed E-state index contributed by atoms with van der Waals surface area (Å²) in [5.74, 6) is -0.324. The predicted molar refractivity (Wildman–Crippen MR) is 109 cm³/mol. The smallest absolute Gasteiger partial charge is 0.271 e. The molecule has 29 heavy (non-hydrogen) atoms. The van der Waals surface area contributed by atoms with Crippen molar-refractivity contribution in [2.75, 3.05) is 10.6 Å². The van der Waals surface area contributed by atoms with Crippen LogP contribution in [0.1, 0.15) is 36.2 Å². The Bertz CT molecular complexity index is 1060. The number of pyridine rings is 1. The maximum Gasteiger partial charge on any atom is 0.271 e. The van der Waals surface area contributed by atoms with Crippen LogP contribution in [-0.2, 0) is 0 Å². The lowest BCUT2D eigenvalue weighted by atomic mass is 9.91. The van der Waals surface area contributed by atoms with Crippen LogP contribution in [0.25, 0.3) is 10.9 Å². The number of anilines is 3. The van der Waals surface area contributed by atoms with Crippen LogP contribution in [0.2, 0.25) is 0 Å². The Kier molecular flexibility index (Phi) is 5.22. The fraction of sp³-hybridized carbons (Fsp3) is 0.300. The van der Waals surface area contributed by atoms with Gasteiger partial charge in [0.1, 0.15) is 11.6 Å². The molecule has 1 saturated carbocycles. The maximum absolute atomic E-state index is 13.3. The molecule has 1 aromatic carbocycles. The maximum atomic E-state index is 13.3. The number of nitrogens with two attached hydrogens (primary N) is 2. The quantitative estimate of drug-likeness (QED) is 0.522. The molecule has 8 nitrogen and oxygen atoms in total. The summed E-state index contributed by atoms with van der Waals surface area (Å²) < 4.78 is 13.3. The second-order valence-corrected chi connectivity index (χ2v) is 7.20. The second kappa shape index (κ2) is 7.96. The van der Waals surface area contributed by atoms with Crippen molar-refractivity contribution in [2.24, 2.45) is 11.5 Å². The number of aromatic nitrogens is 3. The van der Waals surface area contributed by atoms with E-state index in [2.05, 4.69) is 25.6 Å². The lowest BCUT2D eigenvalue weighted by Crippen LogP contribution is -2.42. The van der Waals surface area contributed by atoms with Gasteiger partial charge in [0.25, 0.3) is 5.91 Å². The number of hydrogen-bond donors (Lipinski definition) is 4. The Balaban J connectivity index is 1.62. The van der Waals surface area contributed by atoms with E-state index in [0.29, 0.717) is 17.0 Å². The van der Waals surface area contributed by atoms with Crippen LogP contribution in [0, 0.1) is 5.82 Å². The minimum atomic E-state index is -0.697. The largest absolute Gasteiger partial charge is 0.364 e. The Morgan fingerprint density at radius 2 is 1.97 bits per heavy atom. The van der Waals surface area contributed by atoms with Crippen molar-refractivity contribution in [2.45, 2.75) is 37.8 Å². The van der Waals surface area contributed by atoms with Crippen LogP contribution < -0.4 is 22.1 Å². The van der Waals surface area contributed by atoms with Crippen LogP contribution in [0.4, 0.5) is 21.7 Å². The standard InChI is InChI=1S/C20H22FN7O/c21-12-6-5-11-7-13(9-24-16(11)8-12)26-20-18(19(23)29)25-10-17(28-20)27-15-4-2-1-3-14(15)22/h5-10,14-15H,1-4,22H2,(H2,23,29)(H2,26,27,28)/t14-,15+/m0/s1. The first-order chi connectivity index (χ1) is 14.0. The zero-order chi connectivity index (χ0) is 20.4. The van der Waals surface area contributed by atoms with Crippen molar-refractivity contribution in [3.8, 4) is 0 Å². The molecule has 0 saturated heterocycles. The van der Waals surface area contributed by atoms with E-state index in [9.17, 15) is 9.18 Å². The molecular formula is C20H22FN7O. The number of hydrogen-bond acceptors (Lipinski definition) is 7. The monoisotopic (exact) mass is 395 g/mol. The van der Waals surface area contributed by atoms with Gasteiger partial charge in [-0.25, -0.2) is 14.4 Å². The van der Waals surface area contributed by atoms with Gasteiger partial charge in [0.05, 0.1) is 23.6 Å². The molecule has 150 valence electrons. The Morgan fingerprint density at radius 3 is 2.76 bits per heavy atom. The van der Waals surface area contributed by atoms with E-state index in [0.717, 1.165) is 31.1 Å². The van der Waals surface area contributed by atoms with Gasteiger partial charge in [0.15, 0.2) is 11.5 Å². The lowest BCUT2D eigenvalue weighted by molar-refractivity contribution is 0.0996. The molecule has 1 amide bonds. The topological polar surface area (TPSA) is 132 Å². The molecule has 9 heteroatoms. The summed E-state index contributed by atoms with van der Waals surface area (Å²) >= 11 is 0. The molecule has 0 bridgehead atoms. The Labute approximate surface area is 166 Å². The summed E-state index contributed by atoms with van der Waals surface area (Å²) in [6.07, 6.45) is 7.15. The first-order valence-electron chi connectivity index (χ1n) is 9.51. The number of rotatable bonds is 5. The lowest BCUT2D eigenvalue weighted by Gasteiger charge is -2.29. The van der Waals surface area contributed by atoms with E-state index < -0.39 is 5.91 Å². The zero-order valence-corrected chi connectivity index (χ0v) is 15.7. The van der Waals surface area contributed by atoms with Crippen LogP contribution in [0.15, 0.2) is 36.7 Å². The molecular weight excluding hydrogens is 373 g/mol. The number of amides is 1. The van der Waals surface area contributed by atoms with Crippen LogP contribution in [0.3, 0.4) is 0 Å². The average molecular weight is 395 g/mol. The second-order valence-electron chi connectivity index (χ2n) is 7.20. The first kappa shape index (κ1) is 19.0. The highest BCUT2D eigenvalue weighted by atomic mass is 19.1. The highest BCUT2D eigenvalue weighted by Gasteiger charge is 2.23.